The van der Waals surface area contributed by atoms with E-state index in [9.17, 15) is 4.79 Å². The topological polar surface area (TPSA) is 96.9 Å². The van der Waals surface area contributed by atoms with E-state index in [1.807, 2.05) is 25.1 Å². The molecule has 2 heterocycles. The van der Waals surface area contributed by atoms with Crippen LogP contribution in [0.5, 0.6) is 5.75 Å². The number of amides is 1. The van der Waals surface area contributed by atoms with Crippen LogP contribution in [0.4, 0.5) is 5.69 Å². The summed E-state index contributed by atoms with van der Waals surface area (Å²) in [4.78, 5) is 20.2. The third-order valence-corrected chi connectivity index (χ3v) is 4.44. The highest BCUT2D eigenvalue weighted by Crippen LogP contribution is 2.23. The number of anilines is 1. The molecule has 1 amide bonds. The first-order chi connectivity index (χ1) is 14.1. The van der Waals surface area contributed by atoms with Gasteiger partial charge in [0.1, 0.15) is 11.9 Å². The first kappa shape index (κ1) is 23.9. The number of carbonyl (C=O) groups is 1. The molecule has 0 radical (unpaired) electrons. The van der Waals surface area contributed by atoms with E-state index in [1.165, 1.54) is 0 Å². The van der Waals surface area contributed by atoms with Crippen molar-refractivity contribution in [1.29, 1.82) is 0 Å². The molecule has 1 unspecified atom stereocenters. The number of nitrogens with zero attached hydrogens (tertiary/aromatic N) is 2. The minimum absolute atomic E-state index is 0. The van der Waals surface area contributed by atoms with Crippen LogP contribution in [-0.4, -0.2) is 49.8 Å². The molecule has 1 saturated heterocycles. The van der Waals surface area contributed by atoms with Crippen LogP contribution in [0.2, 0.25) is 0 Å². The first-order valence-electron chi connectivity index (χ1n) is 9.62. The highest BCUT2D eigenvalue weighted by molar-refractivity contribution is 14.0. The summed E-state index contributed by atoms with van der Waals surface area (Å²) in [5.74, 6) is 1.20. The number of carbonyl (C=O) groups excluding carboxylic acids is 1. The predicted molar refractivity (Wildman–Crippen MR) is 128 cm³/mol. The fourth-order valence-electron chi connectivity index (χ4n) is 2.91. The molecular formula is C21H28IN5O3. The molecule has 2 aromatic rings. The molecule has 9 heteroatoms. The molecule has 3 N–H and O–H groups in total. The Bertz CT molecular complexity index is 842. The van der Waals surface area contributed by atoms with E-state index < -0.39 is 0 Å². The molecular weight excluding hydrogens is 497 g/mol. The van der Waals surface area contributed by atoms with Gasteiger partial charge in [-0.2, -0.15) is 0 Å². The molecule has 0 spiro atoms. The molecule has 1 fully saturated rings. The molecule has 162 valence electrons. The average Bonchev–Trinajstić information content (AvgIpc) is 3.23. The Morgan fingerprint density at radius 2 is 2.20 bits per heavy atom. The van der Waals surface area contributed by atoms with Gasteiger partial charge in [-0.25, -0.2) is 0 Å². The zero-order valence-corrected chi connectivity index (χ0v) is 19.5. The van der Waals surface area contributed by atoms with Gasteiger partial charge in [-0.1, -0.05) is 12.1 Å². The number of rotatable bonds is 7. The smallest absolute Gasteiger partial charge is 0.243 e. The second-order valence-electron chi connectivity index (χ2n) is 6.78. The van der Waals surface area contributed by atoms with Crippen LogP contribution in [0.25, 0.3) is 0 Å². The van der Waals surface area contributed by atoms with Crippen molar-refractivity contribution < 1.29 is 14.3 Å². The van der Waals surface area contributed by atoms with Crippen LogP contribution >= 0.6 is 24.0 Å². The molecule has 1 aromatic carbocycles. The van der Waals surface area contributed by atoms with Crippen molar-refractivity contribution in [2.75, 3.05) is 32.1 Å². The normalized spacial score (nSPS) is 15.8. The quantitative estimate of drug-likeness (QED) is 0.292. The Hall–Kier alpha value is -2.40. The lowest BCUT2D eigenvalue weighted by Gasteiger charge is -2.18. The van der Waals surface area contributed by atoms with E-state index in [1.54, 1.807) is 31.6 Å². The summed E-state index contributed by atoms with van der Waals surface area (Å²) in [7, 11) is 1.66. The Morgan fingerprint density at radius 1 is 1.33 bits per heavy atom. The maximum Gasteiger partial charge on any atom is 0.243 e. The second-order valence-corrected chi connectivity index (χ2v) is 6.78. The first-order valence-corrected chi connectivity index (χ1v) is 9.62. The van der Waals surface area contributed by atoms with Gasteiger partial charge in [-0.05, 0) is 30.7 Å². The van der Waals surface area contributed by atoms with E-state index in [2.05, 4.69) is 25.9 Å². The molecule has 1 atom stereocenters. The van der Waals surface area contributed by atoms with Crippen LogP contribution in [0.1, 0.15) is 17.5 Å². The van der Waals surface area contributed by atoms with Crippen LogP contribution in [0.15, 0.2) is 47.7 Å². The summed E-state index contributed by atoms with van der Waals surface area (Å²) in [6.45, 7) is 4.01. The number of ether oxygens (including phenoxy) is 2. The second kappa shape index (κ2) is 12.3. The summed E-state index contributed by atoms with van der Waals surface area (Å²) >= 11 is 0. The van der Waals surface area contributed by atoms with Crippen molar-refractivity contribution in [2.24, 2.45) is 4.99 Å². The zero-order valence-electron chi connectivity index (χ0n) is 17.2. The van der Waals surface area contributed by atoms with Gasteiger partial charge in [0.25, 0.3) is 0 Å². The van der Waals surface area contributed by atoms with Gasteiger partial charge in [0.05, 0.1) is 31.6 Å². The van der Waals surface area contributed by atoms with Gasteiger partial charge in [0.2, 0.25) is 5.91 Å². The third-order valence-electron chi connectivity index (χ3n) is 4.44. The third kappa shape index (κ3) is 7.45. The molecule has 30 heavy (non-hydrogen) atoms. The van der Waals surface area contributed by atoms with Crippen LogP contribution < -0.4 is 20.7 Å². The standard InChI is InChI=1S/C21H27N5O3.HI/c1-15-5-6-16(19(10-15)29-18-7-9-28-14-18)11-24-21(22-2)25-13-20(27)26-17-4-3-8-23-12-17;/h3-6,8,10,12,18H,7,9,11,13-14H2,1-2H3,(H,26,27)(H2,22,24,25);1H. The van der Waals surface area contributed by atoms with Crippen molar-refractivity contribution >= 4 is 41.5 Å². The number of aryl methyl sites for hydroxylation is 1. The summed E-state index contributed by atoms with van der Waals surface area (Å²) < 4.78 is 11.5. The molecule has 3 rings (SSSR count). The van der Waals surface area contributed by atoms with Crippen molar-refractivity contribution in [1.82, 2.24) is 15.6 Å². The van der Waals surface area contributed by atoms with Gasteiger partial charge in [-0.15, -0.1) is 24.0 Å². The number of aromatic nitrogens is 1. The lowest BCUT2D eigenvalue weighted by Crippen LogP contribution is -2.41. The maximum atomic E-state index is 12.1. The molecule has 8 nitrogen and oxygen atoms in total. The highest BCUT2D eigenvalue weighted by Gasteiger charge is 2.18. The largest absolute Gasteiger partial charge is 0.488 e. The van der Waals surface area contributed by atoms with Crippen molar-refractivity contribution in [3.63, 3.8) is 0 Å². The molecule has 1 aromatic heterocycles. The number of halogens is 1. The van der Waals surface area contributed by atoms with E-state index >= 15 is 0 Å². The van der Waals surface area contributed by atoms with Crippen LogP contribution in [0, 0.1) is 6.92 Å². The van der Waals surface area contributed by atoms with E-state index in [4.69, 9.17) is 9.47 Å². The number of guanidine groups is 1. The minimum Gasteiger partial charge on any atom is -0.488 e. The Kier molecular flexibility index (Phi) is 9.81. The Morgan fingerprint density at radius 3 is 2.90 bits per heavy atom. The number of hydrogen-bond acceptors (Lipinski definition) is 5. The average molecular weight is 525 g/mol. The van der Waals surface area contributed by atoms with Gasteiger partial charge in [0.15, 0.2) is 5.96 Å². The summed E-state index contributed by atoms with van der Waals surface area (Å²) in [5, 5.41) is 9.01. The van der Waals surface area contributed by atoms with Gasteiger partial charge >= 0.3 is 0 Å². The highest BCUT2D eigenvalue weighted by atomic mass is 127. The van der Waals surface area contributed by atoms with E-state index in [0.29, 0.717) is 24.8 Å². The van der Waals surface area contributed by atoms with Crippen LogP contribution in [0.3, 0.4) is 0 Å². The molecule has 0 saturated carbocycles. The monoisotopic (exact) mass is 525 g/mol. The van der Waals surface area contributed by atoms with Gasteiger partial charge < -0.3 is 25.4 Å². The Balaban J connectivity index is 0.00000320. The van der Waals surface area contributed by atoms with Gasteiger partial charge in [0, 0.05) is 31.8 Å². The summed E-state index contributed by atoms with van der Waals surface area (Å²) in [6, 6.07) is 9.67. The number of benzene rings is 1. The van der Waals surface area contributed by atoms with E-state index in [0.717, 1.165) is 29.9 Å². The fraction of sp³-hybridized carbons (Fsp3) is 0.381. The van der Waals surface area contributed by atoms with Crippen molar-refractivity contribution in [2.45, 2.75) is 26.0 Å². The summed E-state index contributed by atoms with van der Waals surface area (Å²) in [5.41, 5.74) is 2.81. The zero-order chi connectivity index (χ0) is 20.5. The Labute approximate surface area is 193 Å². The molecule has 1 aliphatic heterocycles. The van der Waals surface area contributed by atoms with E-state index in [-0.39, 0.29) is 42.5 Å². The lowest BCUT2D eigenvalue weighted by atomic mass is 10.1. The van der Waals surface area contributed by atoms with Gasteiger partial charge in [-0.3, -0.25) is 14.8 Å². The molecule has 0 aliphatic carbocycles. The number of nitrogens with one attached hydrogen (secondary N) is 3. The van der Waals surface area contributed by atoms with Crippen molar-refractivity contribution in [3.8, 4) is 5.75 Å². The summed E-state index contributed by atoms with van der Waals surface area (Å²) in [6.07, 6.45) is 4.24. The van der Waals surface area contributed by atoms with Crippen LogP contribution in [-0.2, 0) is 16.1 Å². The molecule has 1 aliphatic rings. The number of pyridine rings is 1. The number of hydrogen-bond donors (Lipinski definition) is 3. The fourth-order valence-corrected chi connectivity index (χ4v) is 2.91. The minimum atomic E-state index is -0.179. The lowest BCUT2D eigenvalue weighted by molar-refractivity contribution is -0.115. The molecule has 0 bridgehead atoms. The maximum absolute atomic E-state index is 12.1. The van der Waals surface area contributed by atoms with Crippen molar-refractivity contribution in [3.05, 3.63) is 53.9 Å². The number of aliphatic imine (C=N–C) groups is 1. The SMILES string of the molecule is CN=C(NCC(=O)Nc1cccnc1)NCc1ccc(C)cc1OC1CCOC1.I. The predicted octanol–water partition coefficient (Wildman–Crippen LogP) is 2.48.